The van der Waals surface area contributed by atoms with E-state index in [1.54, 1.807) is 6.08 Å². The molecule has 2 aromatic carbocycles. The summed E-state index contributed by atoms with van der Waals surface area (Å²) in [5.41, 5.74) is 1.75. The number of carbonyl (C=O) groups is 2. The summed E-state index contributed by atoms with van der Waals surface area (Å²) < 4.78 is 7.95. The number of ether oxygens (including phenoxy) is 1. The van der Waals surface area contributed by atoms with E-state index in [4.69, 9.17) is 11.2 Å². The molecule has 0 aromatic heterocycles. The molecule has 7 heteroatoms. The van der Waals surface area contributed by atoms with Gasteiger partial charge in [-0.1, -0.05) is 34.0 Å². The van der Waals surface area contributed by atoms with Gasteiger partial charge in [0.2, 0.25) is 0 Å². The molecular weight excluding hydrogens is 541 g/mol. The van der Waals surface area contributed by atoms with Crippen LogP contribution in [0.4, 0.5) is 4.79 Å². The Morgan fingerprint density at radius 1 is 1.22 bits per heavy atom. The van der Waals surface area contributed by atoms with Crippen LogP contribution in [0.15, 0.2) is 51.8 Å². The predicted molar refractivity (Wildman–Crippen MR) is 119 cm³/mol. The second-order valence-corrected chi connectivity index (χ2v) is 8.72. The lowest BCUT2D eigenvalue weighted by molar-refractivity contribution is -0.122. The molecule has 0 spiro atoms. The lowest BCUT2D eigenvalue weighted by atomic mass is 10.1. The van der Waals surface area contributed by atoms with Crippen LogP contribution in [0.3, 0.4) is 0 Å². The number of benzene rings is 2. The Balaban J connectivity index is 1.84. The van der Waals surface area contributed by atoms with Crippen molar-refractivity contribution in [2.75, 3.05) is 6.54 Å². The highest BCUT2D eigenvalue weighted by molar-refractivity contribution is 14.1. The molecule has 1 fully saturated rings. The van der Waals surface area contributed by atoms with Crippen LogP contribution < -0.4 is 4.74 Å². The number of nitrogens with zero attached hydrogens (tertiary/aromatic N) is 1. The Hall–Kier alpha value is -1.76. The van der Waals surface area contributed by atoms with Gasteiger partial charge in [-0.05, 0) is 76.3 Å². The van der Waals surface area contributed by atoms with E-state index in [0.717, 1.165) is 30.3 Å². The monoisotopic (exact) mass is 553 g/mol. The first-order chi connectivity index (χ1) is 13.0. The van der Waals surface area contributed by atoms with Gasteiger partial charge in [0.15, 0.2) is 0 Å². The number of imide groups is 1. The van der Waals surface area contributed by atoms with Crippen LogP contribution in [-0.2, 0) is 11.4 Å². The third-order valence-corrected chi connectivity index (χ3v) is 5.81. The molecule has 0 N–H and O–H groups in total. The van der Waals surface area contributed by atoms with Crippen molar-refractivity contribution >= 4 is 67.5 Å². The number of terminal acetylenes is 1. The van der Waals surface area contributed by atoms with E-state index >= 15 is 0 Å². The van der Waals surface area contributed by atoms with Gasteiger partial charge in [0, 0.05) is 13.6 Å². The maximum Gasteiger partial charge on any atom is 0.294 e. The zero-order valence-corrected chi connectivity index (χ0v) is 18.5. The Morgan fingerprint density at radius 2 is 1.96 bits per heavy atom. The summed E-state index contributed by atoms with van der Waals surface area (Å²) >= 11 is 6.56. The quantitative estimate of drug-likeness (QED) is 0.286. The Morgan fingerprint density at radius 3 is 2.67 bits per heavy atom. The molecule has 1 aliphatic rings. The Kier molecular flexibility index (Phi) is 6.63. The highest BCUT2D eigenvalue weighted by Crippen LogP contribution is 2.34. The molecule has 0 unspecified atom stereocenters. The van der Waals surface area contributed by atoms with Crippen molar-refractivity contribution in [3.05, 3.63) is 66.5 Å². The lowest BCUT2D eigenvalue weighted by Gasteiger charge is -2.11. The molecule has 0 aliphatic carbocycles. The van der Waals surface area contributed by atoms with Crippen LogP contribution in [-0.4, -0.2) is 22.6 Å². The normalized spacial score (nSPS) is 15.3. The number of hydrogen-bond donors (Lipinski definition) is 0. The van der Waals surface area contributed by atoms with Crippen molar-refractivity contribution in [3.8, 4) is 18.1 Å². The van der Waals surface area contributed by atoms with Crippen molar-refractivity contribution in [2.24, 2.45) is 0 Å². The van der Waals surface area contributed by atoms with Crippen molar-refractivity contribution in [1.82, 2.24) is 4.90 Å². The van der Waals surface area contributed by atoms with E-state index in [0.29, 0.717) is 22.8 Å². The molecular formula is C20H13BrINO3S. The van der Waals surface area contributed by atoms with Crippen LogP contribution >= 0.6 is 50.3 Å². The summed E-state index contributed by atoms with van der Waals surface area (Å²) in [4.78, 5) is 25.7. The van der Waals surface area contributed by atoms with Gasteiger partial charge in [-0.15, -0.1) is 6.42 Å². The largest absolute Gasteiger partial charge is 0.488 e. The van der Waals surface area contributed by atoms with Crippen LogP contribution in [0.5, 0.6) is 5.75 Å². The predicted octanol–water partition coefficient (Wildman–Crippen LogP) is 5.30. The van der Waals surface area contributed by atoms with E-state index in [1.807, 2.05) is 42.5 Å². The van der Waals surface area contributed by atoms with Crippen LogP contribution in [0.2, 0.25) is 0 Å². The van der Waals surface area contributed by atoms with Crippen molar-refractivity contribution < 1.29 is 14.3 Å². The highest BCUT2D eigenvalue weighted by Gasteiger charge is 2.34. The van der Waals surface area contributed by atoms with Gasteiger partial charge in [-0.2, -0.15) is 0 Å². The fourth-order valence-corrected chi connectivity index (χ4v) is 3.94. The molecule has 136 valence electrons. The second kappa shape index (κ2) is 8.95. The summed E-state index contributed by atoms with van der Waals surface area (Å²) in [6, 6.07) is 13.6. The average molecular weight is 554 g/mol. The minimum absolute atomic E-state index is 0.0311. The van der Waals surface area contributed by atoms with E-state index < -0.39 is 0 Å². The third kappa shape index (κ3) is 4.94. The molecule has 2 aromatic rings. The van der Waals surface area contributed by atoms with E-state index in [2.05, 4.69) is 44.4 Å². The highest BCUT2D eigenvalue weighted by atomic mass is 127. The molecule has 1 aliphatic heterocycles. The number of thioether (sulfide) groups is 1. The summed E-state index contributed by atoms with van der Waals surface area (Å²) in [5.74, 6) is 2.57. The molecule has 0 bridgehead atoms. The molecule has 1 heterocycles. The Labute approximate surface area is 183 Å². The first-order valence-electron chi connectivity index (χ1n) is 7.83. The van der Waals surface area contributed by atoms with Gasteiger partial charge in [-0.3, -0.25) is 14.5 Å². The zero-order chi connectivity index (χ0) is 19.4. The number of rotatable bonds is 5. The number of hydrogen-bond acceptors (Lipinski definition) is 4. The van der Waals surface area contributed by atoms with Gasteiger partial charge in [0.05, 0.1) is 11.4 Å². The molecule has 0 radical (unpaired) electrons. The van der Waals surface area contributed by atoms with Gasteiger partial charge in [0.1, 0.15) is 12.4 Å². The molecule has 2 amide bonds. The second-order valence-electron chi connectivity index (χ2n) is 5.57. The first kappa shape index (κ1) is 20.0. The van der Waals surface area contributed by atoms with Gasteiger partial charge < -0.3 is 4.74 Å². The summed E-state index contributed by atoms with van der Waals surface area (Å²) in [7, 11) is 0. The molecule has 0 saturated carbocycles. The van der Waals surface area contributed by atoms with Gasteiger partial charge in [-0.25, -0.2) is 0 Å². The summed E-state index contributed by atoms with van der Waals surface area (Å²) in [6.45, 7) is 0.370. The molecule has 3 rings (SSSR count). The number of carbonyl (C=O) groups excluding carboxylic acids is 2. The summed E-state index contributed by atoms with van der Waals surface area (Å²) in [5, 5.41) is -0.361. The smallest absolute Gasteiger partial charge is 0.294 e. The molecule has 0 atom stereocenters. The lowest BCUT2D eigenvalue weighted by Crippen LogP contribution is -2.28. The fraction of sp³-hybridized carbons (Fsp3) is 0.100. The minimum atomic E-state index is -0.383. The van der Waals surface area contributed by atoms with E-state index in [-0.39, 0.29) is 17.7 Å². The fourth-order valence-electron chi connectivity index (χ4n) is 2.37. The standard InChI is InChI=1S/C20H13BrINO3S/c1-2-9-23-19(24)18(27-20(23)25)11-14-10-15(21)5-8-17(14)26-12-13-3-6-16(22)7-4-13/h1,3-8,10-11H,9,12H2/b18-11+. The van der Waals surface area contributed by atoms with E-state index in [1.165, 1.54) is 0 Å². The minimum Gasteiger partial charge on any atom is -0.488 e. The average Bonchev–Trinajstić information content (AvgIpc) is 2.90. The molecule has 4 nitrogen and oxygen atoms in total. The number of halogens is 2. The van der Waals surface area contributed by atoms with Gasteiger partial charge in [0.25, 0.3) is 11.1 Å². The third-order valence-electron chi connectivity index (χ3n) is 3.69. The zero-order valence-electron chi connectivity index (χ0n) is 13.9. The van der Waals surface area contributed by atoms with Crippen LogP contribution in [0.25, 0.3) is 6.08 Å². The first-order valence-corrected chi connectivity index (χ1v) is 10.5. The number of amides is 2. The van der Waals surface area contributed by atoms with E-state index in [9.17, 15) is 9.59 Å². The maximum atomic E-state index is 12.4. The maximum absolute atomic E-state index is 12.4. The van der Waals surface area contributed by atoms with Crippen LogP contribution in [0, 0.1) is 15.9 Å². The molecule has 1 saturated heterocycles. The summed E-state index contributed by atoms with van der Waals surface area (Å²) in [6.07, 6.45) is 6.89. The topological polar surface area (TPSA) is 46.6 Å². The van der Waals surface area contributed by atoms with Crippen molar-refractivity contribution in [2.45, 2.75) is 6.61 Å². The van der Waals surface area contributed by atoms with Crippen molar-refractivity contribution in [1.29, 1.82) is 0 Å². The van der Waals surface area contributed by atoms with Crippen molar-refractivity contribution in [3.63, 3.8) is 0 Å². The Bertz CT molecular complexity index is 966. The molecule has 27 heavy (non-hydrogen) atoms. The van der Waals surface area contributed by atoms with Gasteiger partial charge >= 0.3 is 0 Å². The SMILES string of the molecule is C#CCN1C(=O)S/C(=C/c2cc(Br)ccc2OCc2ccc(I)cc2)C1=O. The van der Waals surface area contributed by atoms with Crippen LogP contribution in [0.1, 0.15) is 11.1 Å².